The van der Waals surface area contributed by atoms with Crippen LogP contribution >= 0.6 is 0 Å². The van der Waals surface area contributed by atoms with E-state index in [1.165, 1.54) is 22.4 Å². The van der Waals surface area contributed by atoms with Crippen LogP contribution in [0.3, 0.4) is 0 Å². The van der Waals surface area contributed by atoms with Crippen LogP contribution in [0.4, 0.5) is 18.9 Å². The van der Waals surface area contributed by atoms with Crippen LogP contribution in [0.2, 0.25) is 0 Å². The van der Waals surface area contributed by atoms with Gasteiger partial charge in [-0.3, -0.25) is 4.79 Å². The van der Waals surface area contributed by atoms with E-state index < -0.39 is 22.7 Å². The van der Waals surface area contributed by atoms with Gasteiger partial charge in [0, 0.05) is 24.6 Å². The summed E-state index contributed by atoms with van der Waals surface area (Å²) in [5, 5.41) is 3.36. The first-order chi connectivity index (χ1) is 16.2. The smallest absolute Gasteiger partial charge is 0.416 e. The maximum absolute atomic E-state index is 12.6. The molecule has 11 heteroatoms. The summed E-state index contributed by atoms with van der Waals surface area (Å²) >= 11 is 0. The van der Waals surface area contributed by atoms with E-state index in [9.17, 15) is 22.2 Å². The summed E-state index contributed by atoms with van der Waals surface area (Å²) in [7, 11) is -1.27. The van der Waals surface area contributed by atoms with Crippen molar-refractivity contribution < 1.29 is 26.9 Å². The largest absolute Gasteiger partial charge is 0.438 e. The topological polar surface area (TPSA) is 86.1 Å². The molecule has 1 N–H and O–H groups in total. The lowest BCUT2D eigenvalue weighted by Gasteiger charge is -2.09. The number of ether oxygens (including phenoxy) is 1. The Morgan fingerprint density at radius 2 is 1.76 bits per heavy atom. The Morgan fingerprint density at radius 1 is 1.06 bits per heavy atom. The number of hydrogen-bond acceptors (Lipinski definition) is 5. The number of carbonyl (C=O) groups excluding carboxylic acids is 1. The molecular weight excluding hydrogens is 469 g/mol. The molecule has 2 heterocycles. The molecule has 1 amide bonds. The molecule has 0 aliphatic carbocycles. The molecule has 34 heavy (non-hydrogen) atoms. The van der Waals surface area contributed by atoms with Gasteiger partial charge in [0.2, 0.25) is 11.8 Å². The maximum Gasteiger partial charge on any atom is 0.416 e. The predicted octanol–water partition coefficient (Wildman–Crippen LogP) is 4.96. The molecule has 0 saturated heterocycles. The molecule has 0 spiro atoms. The molecule has 4 rings (SSSR count). The monoisotopic (exact) mass is 488 g/mol. The number of carbonyl (C=O) groups is 1. The predicted molar refractivity (Wildman–Crippen MR) is 122 cm³/mol. The first-order valence-corrected chi connectivity index (χ1v) is 11.6. The number of nitrogens with zero attached hydrogens (tertiary/aromatic N) is 3. The van der Waals surface area contributed by atoms with E-state index in [-0.39, 0.29) is 12.3 Å². The van der Waals surface area contributed by atoms with Gasteiger partial charge in [-0.05, 0) is 54.4 Å². The third kappa shape index (κ3) is 5.42. The van der Waals surface area contributed by atoms with Gasteiger partial charge in [0.05, 0.1) is 10.9 Å². The Bertz CT molecular complexity index is 1340. The Kier molecular flexibility index (Phi) is 6.64. The lowest BCUT2D eigenvalue weighted by Crippen LogP contribution is -2.12. The lowest BCUT2D eigenvalue weighted by atomic mass is 10.1. The van der Waals surface area contributed by atoms with E-state index in [0.29, 0.717) is 40.3 Å². The van der Waals surface area contributed by atoms with Crippen molar-refractivity contribution in [1.29, 1.82) is 0 Å². The molecule has 0 saturated carbocycles. The summed E-state index contributed by atoms with van der Waals surface area (Å²) in [5.41, 5.74) is 0.959. The molecule has 2 aromatic carbocycles. The number of aromatic nitrogens is 3. The van der Waals surface area contributed by atoms with Crippen molar-refractivity contribution in [3.8, 4) is 11.6 Å². The lowest BCUT2D eigenvalue weighted by molar-refractivity contribution is -0.137. The minimum atomic E-state index is -4.38. The van der Waals surface area contributed by atoms with Crippen LogP contribution in [0, 0.1) is 0 Å². The van der Waals surface area contributed by atoms with E-state index in [2.05, 4.69) is 15.3 Å². The number of anilines is 1. The third-order valence-electron chi connectivity index (χ3n) is 4.96. The number of alkyl halides is 3. The number of hydrogen-bond donors (Lipinski definition) is 1. The van der Waals surface area contributed by atoms with E-state index >= 15 is 0 Å². The third-order valence-corrected chi connectivity index (χ3v) is 5.81. The number of nitrogens with one attached hydrogen (secondary N) is 1. The first kappa shape index (κ1) is 23.4. The van der Waals surface area contributed by atoms with Crippen molar-refractivity contribution in [2.75, 3.05) is 11.6 Å². The average molecular weight is 488 g/mol. The van der Waals surface area contributed by atoms with Gasteiger partial charge in [0.15, 0.2) is 5.65 Å². The van der Waals surface area contributed by atoms with Crippen molar-refractivity contribution >= 4 is 33.6 Å². The van der Waals surface area contributed by atoms with Crippen molar-refractivity contribution in [3.63, 3.8) is 0 Å². The summed E-state index contributed by atoms with van der Waals surface area (Å²) in [4.78, 5) is 20.5. The second-order valence-electron chi connectivity index (χ2n) is 7.35. The molecule has 2 aromatic heterocycles. The molecular formula is C23H19F3N4O3S. The van der Waals surface area contributed by atoms with E-state index in [0.717, 1.165) is 12.1 Å². The van der Waals surface area contributed by atoms with Crippen LogP contribution in [0.5, 0.6) is 11.6 Å². The van der Waals surface area contributed by atoms with Crippen molar-refractivity contribution in [1.82, 2.24) is 13.9 Å². The van der Waals surface area contributed by atoms with Gasteiger partial charge in [0.25, 0.3) is 0 Å². The Balaban J connectivity index is 1.34. The second-order valence-corrected chi connectivity index (χ2v) is 8.59. The Labute approximate surface area is 195 Å². The average Bonchev–Trinajstić information content (AvgIpc) is 3.24. The van der Waals surface area contributed by atoms with Crippen LogP contribution in [0.1, 0.15) is 17.5 Å². The number of rotatable bonds is 7. The van der Waals surface area contributed by atoms with Crippen molar-refractivity contribution in [3.05, 3.63) is 78.2 Å². The SMILES string of the molecule is CS(=O)n1ccc2c(Oc3ccc(NC(=O)CCc4ccc(C(F)(F)F)cc4)cc3)ncnc21. The summed E-state index contributed by atoms with van der Waals surface area (Å²) in [6.45, 7) is 0. The molecule has 4 aromatic rings. The zero-order valence-corrected chi connectivity index (χ0v) is 18.7. The van der Waals surface area contributed by atoms with Gasteiger partial charge >= 0.3 is 6.18 Å². The molecule has 1 unspecified atom stereocenters. The van der Waals surface area contributed by atoms with Crippen molar-refractivity contribution in [2.24, 2.45) is 0 Å². The minimum Gasteiger partial charge on any atom is -0.438 e. The summed E-state index contributed by atoms with van der Waals surface area (Å²) in [5.74, 6) is 0.524. The number of fused-ring (bicyclic) bond motifs is 1. The molecule has 7 nitrogen and oxygen atoms in total. The fourth-order valence-corrected chi connectivity index (χ4v) is 3.87. The Morgan fingerprint density at radius 3 is 2.41 bits per heavy atom. The first-order valence-electron chi connectivity index (χ1n) is 10.1. The molecule has 0 bridgehead atoms. The van der Waals surface area contributed by atoms with Crippen LogP contribution in [-0.2, 0) is 28.4 Å². The Hall–Kier alpha value is -3.73. The van der Waals surface area contributed by atoms with Crippen molar-refractivity contribution in [2.45, 2.75) is 19.0 Å². The van der Waals surface area contributed by atoms with Crippen LogP contribution in [0.15, 0.2) is 67.1 Å². The number of aryl methyl sites for hydroxylation is 1. The summed E-state index contributed by atoms with van der Waals surface area (Å²) in [6.07, 6.45) is 0.568. The fraction of sp³-hybridized carbons (Fsp3) is 0.174. The standard InChI is InChI=1S/C23H19F3N4O3S/c1-34(32)30-13-12-19-21(30)27-14-28-22(19)33-18-9-7-17(8-10-18)29-20(31)11-4-15-2-5-16(6-3-15)23(24,25)26/h2-3,5-10,12-14H,4,11H2,1H3,(H,29,31). The zero-order chi connectivity index (χ0) is 24.3. The van der Waals surface area contributed by atoms with E-state index in [4.69, 9.17) is 4.74 Å². The van der Waals surface area contributed by atoms with Crippen LogP contribution in [0.25, 0.3) is 11.0 Å². The maximum atomic E-state index is 12.6. The zero-order valence-electron chi connectivity index (χ0n) is 17.9. The van der Waals surface area contributed by atoms with Crippen LogP contribution < -0.4 is 10.1 Å². The second kappa shape index (κ2) is 9.64. The van der Waals surface area contributed by atoms with E-state index in [1.54, 1.807) is 42.8 Å². The van der Waals surface area contributed by atoms with Gasteiger partial charge in [0.1, 0.15) is 23.1 Å². The van der Waals surface area contributed by atoms with Crippen LogP contribution in [-0.4, -0.2) is 30.3 Å². The number of amides is 1. The quantitative estimate of drug-likeness (QED) is 0.398. The van der Waals surface area contributed by atoms with Gasteiger partial charge in [-0.2, -0.15) is 13.2 Å². The van der Waals surface area contributed by atoms with E-state index in [1.807, 2.05) is 0 Å². The highest BCUT2D eigenvalue weighted by Crippen LogP contribution is 2.30. The number of halogens is 3. The number of benzene rings is 2. The highest BCUT2D eigenvalue weighted by atomic mass is 32.2. The molecule has 0 fully saturated rings. The van der Waals surface area contributed by atoms with Gasteiger partial charge < -0.3 is 10.1 Å². The summed E-state index contributed by atoms with van der Waals surface area (Å²) in [6, 6.07) is 13.1. The normalized spacial score (nSPS) is 12.5. The molecule has 0 aliphatic rings. The van der Waals surface area contributed by atoms with Gasteiger partial charge in [-0.15, -0.1) is 0 Å². The van der Waals surface area contributed by atoms with Gasteiger partial charge in [-0.1, -0.05) is 12.1 Å². The van der Waals surface area contributed by atoms with Gasteiger partial charge in [-0.25, -0.2) is 18.1 Å². The fourth-order valence-electron chi connectivity index (χ4n) is 3.25. The molecule has 0 radical (unpaired) electrons. The molecule has 0 aliphatic heterocycles. The molecule has 1 atom stereocenters. The summed E-state index contributed by atoms with van der Waals surface area (Å²) < 4.78 is 57.0. The highest BCUT2D eigenvalue weighted by Gasteiger charge is 2.29. The highest BCUT2D eigenvalue weighted by molar-refractivity contribution is 7.82. The molecule has 176 valence electrons. The minimum absolute atomic E-state index is 0.123.